The molecule has 0 radical (unpaired) electrons. The molecule has 9 heteroatoms. The first-order chi connectivity index (χ1) is 14.2. The maximum absolute atomic E-state index is 12.3. The number of carbonyl (C=O) groups excluding carboxylic acids is 2. The number of anilines is 3. The van der Waals surface area contributed by atoms with Gasteiger partial charge in [0.25, 0.3) is 0 Å². The van der Waals surface area contributed by atoms with Crippen LogP contribution in [0.2, 0.25) is 0 Å². The van der Waals surface area contributed by atoms with E-state index in [2.05, 4.69) is 20.9 Å². The van der Waals surface area contributed by atoms with E-state index in [0.29, 0.717) is 46.9 Å². The highest BCUT2D eigenvalue weighted by Crippen LogP contribution is 2.32. The van der Waals surface area contributed by atoms with Crippen LogP contribution >= 0.6 is 11.3 Å². The lowest BCUT2D eigenvalue weighted by atomic mass is 10.2. The molecular weight excluding hydrogens is 392 g/mol. The molecule has 1 aliphatic heterocycles. The quantitative estimate of drug-likeness (QED) is 0.595. The monoisotopic (exact) mass is 410 g/mol. The summed E-state index contributed by atoms with van der Waals surface area (Å²) in [5.41, 5.74) is 1.87. The van der Waals surface area contributed by atoms with Gasteiger partial charge >= 0.3 is 6.03 Å². The number of benzene rings is 2. The Bertz CT molecular complexity index is 1020. The van der Waals surface area contributed by atoms with Crippen molar-refractivity contribution in [2.24, 2.45) is 0 Å². The molecule has 0 atom stereocenters. The van der Waals surface area contributed by atoms with Crippen LogP contribution in [-0.2, 0) is 11.2 Å². The summed E-state index contributed by atoms with van der Waals surface area (Å²) in [7, 11) is 0. The van der Waals surface area contributed by atoms with E-state index in [-0.39, 0.29) is 12.3 Å². The van der Waals surface area contributed by atoms with Crippen molar-refractivity contribution in [3.63, 3.8) is 0 Å². The second kappa shape index (κ2) is 8.61. The van der Waals surface area contributed by atoms with Gasteiger partial charge in [0.1, 0.15) is 13.2 Å². The first kappa shape index (κ1) is 18.8. The zero-order valence-corrected chi connectivity index (χ0v) is 16.1. The van der Waals surface area contributed by atoms with Gasteiger partial charge in [0, 0.05) is 22.8 Å². The fourth-order valence-electron chi connectivity index (χ4n) is 2.72. The molecule has 3 N–H and O–H groups in total. The van der Waals surface area contributed by atoms with Crippen molar-refractivity contribution in [1.29, 1.82) is 0 Å². The smallest absolute Gasteiger partial charge is 0.325 e. The molecule has 0 saturated carbocycles. The van der Waals surface area contributed by atoms with E-state index in [9.17, 15) is 9.59 Å². The van der Waals surface area contributed by atoms with Crippen LogP contribution in [-0.4, -0.2) is 30.1 Å². The fourth-order valence-corrected chi connectivity index (χ4v) is 3.42. The highest BCUT2D eigenvalue weighted by molar-refractivity contribution is 7.14. The molecule has 1 aliphatic rings. The van der Waals surface area contributed by atoms with Crippen LogP contribution in [0.15, 0.2) is 53.9 Å². The Balaban J connectivity index is 1.30. The number of carbonyl (C=O) groups is 2. The van der Waals surface area contributed by atoms with Crippen molar-refractivity contribution < 1.29 is 19.1 Å². The molecule has 29 heavy (non-hydrogen) atoms. The summed E-state index contributed by atoms with van der Waals surface area (Å²) in [6.07, 6.45) is 0.0902. The maximum atomic E-state index is 12.3. The van der Waals surface area contributed by atoms with E-state index in [0.717, 1.165) is 0 Å². The van der Waals surface area contributed by atoms with E-state index in [1.165, 1.54) is 11.3 Å². The summed E-state index contributed by atoms with van der Waals surface area (Å²) in [5.74, 6) is 1.06. The second-order valence-corrected chi connectivity index (χ2v) is 7.03. The number of hydrogen-bond acceptors (Lipinski definition) is 6. The molecule has 148 valence electrons. The molecule has 3 aromatic rings. The molecule has 0 saturated heterocycles. The number of hydrogen-bond donors (Lipinski definition) is 3. The Morgan fingerprint density at radius 3 is 2.55 bits per heavy atom. The van der Waals surface area contributed by atoms with Crippen LogP contribution in [0.3, 0.4) is 0 Å². The van der Waals surface area contributed by atoms with Gasteiger partial charge in [0.2, 0.25) is 5.91 Å². The number of ether oxygens (including phenoxy) is 2. The first-order valence-electron chi connectivity index (χ1n) is 8.93. The minimum Gasteiger partial charge on any atom is -0.486 e. The number of thiazole rings is 1. The van der Waals surface area contributed by atoms with Gasteiger partial charge in [0.05, 0.1) is 12.1 Å². The van der Waals surface area contributed by atoms with Crippen LogP contribution in [0, 0.1) is 0 Å². The third-order valence-corrected chi connectivity index (χ3v) is 4.78. The third-order valence-electron chi connectivity index (χ3n) is 3.97. The summed E-state index contributed by atoms with van der Waals surface area (Å²) in [5, 5.41) is 10.3. The van der Waals surface area contributed by atoms with Gasteiger partial charge in [0.15, 0.2) is 16.6 Å². The van der Waals surface area contributed by atoms with Gasteiger partial charge in [-0.25, -0.2) is 9.78 Å². The number of nitrogens with zero attached hydrogens (tertiary/aromatic N) is 1. The zero-order chi connectivity index (χ0) is 20.1. The fraction of sp³-hybridized carbons (Fsp3) is 0.150. The number of para-hydroxylation sites is 1. The lowest BCUT2D eigenvalue weighted by molar-refractivity contribution is -0.115. The molecule has 0 spiro atoms. The molecule has 2 heterocycles. The van der Waals surface area contributed by atoms with E-state index < -0.39 is 6.03 Å². The summed E-state index contributed by atoms with van der Waals surface area (Å²) in [6, 6.07) is 14.0. The van der Waals surface area contributed by atoms with E-state index in [4.69, 9.17) is 9.47 Å². The Kier molecular flexibility index (Phi) is 5.57. The first-order valence-corrected chi connectivity index (χ1v) is 9.81. The van der Waals surface area contributed by atoms with E-state index >= 15 is 0 Å². The Labute approximate surface area is 170 Å². The molecule has 0 bridgehead atoms. The van der Waals surface area contributed by atoms with Crippen LogP contribution in [0.1, 0.15) is 5.69 Å². The lowest BCUT2D eigenvalue weighted by Crippen LogP contribution is -2.19. The van der Waals surface area contributed by atoms with Gasteiger partial charge in [-0.15, -0.1) is 11.3 Å². The van der Waals surface area contributed by atoms with Crippen LogP contribution in [0.25, 0.3) is 0 Å². The number of urea groups is 1. The van der Waals surface area contributed by atoms with E-state index in [1.54, 1.807) is 35.7 Å². The van der Waals surface area contributed by atoms with Gasteiger partial charge in [-0.3, -0.25) is 10.1 Å². The van der Waals surface area contributed by atoms with Gasteiger partial charge in [-0.05, 0) is 24.3 Å². The van der Waals surface area contributed by atoms with Crippen molar-refractivity contribution in [3.8, 4) is 11.5 Å². The number of aromatic nitrogens is 1. The summed E-state index contributed by atoms with van der Waals surface area (Å²) in [4.78, 5) is 28.6. The normalized spacial score (nSPS) is 12.1. The summed E-state index contributed by atoms with van der Waals surface area (Å²) >= 11 is 1.26. The number of rotatable bonds is 5. The zero-order valence-electron chi connectivity index (χ0n) is 15.3. The molecule has 0 fully saturated rings. The Morgan fingerprint density at radius 1 is 0.931 bits per heavy atom. The molecule has 0 aliphatic carbocycles. The average Bonchev–Trinajstić information content (AvgIpc) is 3.15. The molecule has 4 rings (SSSR count). The minimum atomic E-state index is -0.391. The predicted molar refractivity (Wildman–Crippen MR) is 111 cm³/mol. The van der Waals surface area contributed by atoms with Gasteiger partial charge in [-0.1, -0.05) is 18.2 Å². The molecular formula is C20H18N4O4S. The molecule has 1 aromatic heterocycles. The summed E-state index contributed by atoms with van der Waals surface area (Å²) < 4.78 is 11.0. The minimum absolute atomic E-state index is 0.0902. The number of nitrogens with one attached hydrogen (secondary N) is 3. The van der Waals surface area contributed by atoms with Crippen LogP contribution < -0.4 is 25.4 Å². The van der Waals surface area contributed by atoms with Crippen LogP contribution in [0.5, 0.6) is 11.5 Å². The molecule has 0 unspecified atom stereocenters. The second-order valence-electron chi connectivity index (χ2n) is 6.17. The highest BCUT2D eigenvalue weighted by Gasteiger charge is 2.14. The van der Waals surface area contributed by atoms with Crippen molar-refractivity contribution in [3.05, 3.63) is 59.6 Å². The van der Waals surface area contributed by atoms with Crippen molar-refractivity contribution >= 4 is 39.8 Å². The molecule has 2 aromatic carbocycles. The van der Waals surface area contributed by atoms with Crippen molar-refractivity contribution in [2.75, 3.05) is 29.2 Å². The molecule has 3 amide bonds. The third kappa shape index (κ3) is 5.02. The SMILES string of the molecule is O=C(Cc1csc(NC(=O)Nc2ccccc2)n1)Nc1ccc2c(c1)OCCO2. The number of fused-ring (bicyclic) bond motifs is 1. The lowest BCUT2D eigenvalue weighted by Gasteiger charge is -2.18. The topological polar surface area (TPSA) is 102 Å². The maximum Gasteiger partial charge on any atom is 0.325 e. The van der Waals surface area contributed by atoms with E-state index in [1.807, 2.05) is 18.2 Å². The van der Waals surface area contributed by atoms with Crippen molar-refractivity contribution in [2.45, 2.75) is 6.42 Å². The van der Waals surface area contributed by atoms with Crippen molar-refractivity contribution in [1.82, 2.24) is 4.98 Å². The standard InChI is InChI=1S/C20H18N4O4S/c25-18(21-14-6-7-16-17(10-14)28-9-8-27-16)11-15-12-29-20(23-15)24-19(26)22-13-4-2-1-3-5-13/h1-7,10,12H,8-9,11H2,(H,21,25)(H2,22,23,24,26). The Hall–Kier alpha value is -3.59. The molecule has 8 nitrogen and oxygen atoms in total. The summed E-state index contributed by atoms with van der Waals surface area (Å²) in [6.45, 7) is 0.999. The number of amides is 3. The largest absolute Gasteiger partial charge is 0.486 e. The van der Waals surface area contributed by atoms with Gasteiger partial charge in [-0.2, -0.15) is 0 Å². The van der Waals surface area contributed by atoms with Gasteiger partial charge < -0.3 is 20.1 Å². The Morgan fingerprint density at radius 2 is 1.72 bits per heavy atom. The predicted octanol–water partition coefficient (Wildman–Crippen LogP) is 3.74. The average molecular weight is 410 g/mol. The highest BCUT2D eigenvalue weighted by atomic mass is 32.1. The van der Waals surface area contributed by atoms with Crippen LogP contribution in [0.4, 0.5) is 21.3 Å².